The number of benzene rings is 2. The first-order chi connectivity index (χ1) is 10.9. The van der Waals surface area contributed by atoms with E-state index in [1.54, 1.807) is 0 Å². The molecule has 122 valence electrons. The number of carbonyl (C=O) groups is 1. The summed E-state index contributed by atoms with van der Waals surface area (Å²) in [5.74, 6) is -1.22. The predicted octanol–water partition coefficient (Wildman–Crippen LogP) is 2.42. The highest BCUT2D eigenvalue weighted by molar-refractivity contribution is 7.92. The normalized spacial score (nSPS) is 10.9. The van der Waals surface area contributed by atoms with E-state index in [1.807, 2.05) is 0 Å². The molecule has 0 aliphatic carbocycles. The summed E-state index contributed by atoms with van der Waals surface area (Å²) in [5, 5.41) is 0. The number of anilines is 1. The van der Waals surface area contributed by atoms with Gasteiger partial charge in [-0.15, -0.1) is 0 Å². The highest BCUT2D eigenvalue weighted by atomic mass is 32.2. The maximum atomic E-state index is 13.3. The molecule has 0 saturated heterocycles. The van der Waals surface area contributed by atoms with E-state index < -0.39 is 21.8 Å². The summed E-state index contributed by atoms with van der Waals surface area (Å²) in [7, 11) is -1.51. The van der Waals surface area contributed by atoms with Crippen LogP contribution in [0.1, 0.15) is 10.4 Å². The van der Waals surface area contributed by atoms with Crippen molar-refractivity contribution in [2.45, 2.75) is 4.90 Å². The van der Waals surface area contributed by atoms with Crippen molar-refractivity contribution in [2.75, 3.05) is 18.9 Å². The lowest BCUT2D eigenvalue weighted by atomic mass is 10.2. The lowest BCUT2D eigenvalue weighted by Gasteiger charge is -2.12. The second-order valence-corrected chi connectivity index (χ2v) is 6.12. The van der Waals surface area contributed by atoms with Gasteiger partial charge in [0.25, 0.3) is 10.0 Å². The molecule has 1 N–H and O–H groups in total. The lowest BCUT2D eigenvalue weighted by Crippen LogP contribution is -2.14. The van der Waals surface area contributed by atoms with Gasteiger partial charge < -0.3 is 9.47 Å². The van der Waals surface area contributed by atoms with Crippen LogP contribution in [0.3, 0.4) is 0 Å². The molecule has 0 spiro atoms. The Morgan fingerprint density at radius 2 is 1.74 bits per heavy atom. The molecule has 0 amide bonds. The Hall–Kier alpha value is -2.61. The third-order valence-electron chi connectivity index (χ3n) is 2.97. The van der Waals surface area contributed by atoms with E-state index >= 15 is 0 Å². The van der Waals surface area contributed by atoms with Gasteiger partial charge in [0, 0.05) is 5.69 Å². The van der Waals surface area contributed by atoms with E-state index in [2.05, 4.69) is 9.46 Å². The van der Waals surface area contributed by atoms with Gasteiger partial charge in [-0.2, -0.15) is 0 Å². The highest BCUT2D eigenvalue weighted by Gasteiger charge is 2.20. The molecule has 0 radical (unpaired) electrons. The highest BCUT2D eigenvalue weighted by Crippen LogP contribution is 2.26. The van der Waals surface area contributed by atoms with Gasteiger partial charge in [0.15, 0.2) is 0 Å². The second-order valence-electron chi connectivity index (χ2n) is 4.47. The number of sulfonamides is 1. The molecular formula is C15H14FNO5S. The monoisotopic (exact) mass is 339 g/mol. The van der Waals surface area contributed by atoms with E-state index in [4.69, 9.17) is 4.74 Å². The molecule has 23 heavy (non-hydrogen) atoms. The van der Waals surface area contributed by atoms with Gasteiger partial charge in [0.05, 0.1) is 19.8 Å². The number of hydrogen-bond acceptors (Lipinski definition) is 5. The molecule has 8 heteroatoms. The summed E-state index contributed by atoms with van der Waals surface area (Å²) < 4.78 is 49.8. The van der Waals surface area contributed by atoms with Gasteiger partial charge in [-0.1, -0.05) is 0 Å². The van der Waals surface area contributed by atoms with Crippen LogP contribution >= 0.6 is 0 Å². The number of halogens is 1. The number of rotatable bonds is 5. The number of nitrogens with one attached hydrogen (secondary N) is 1. The third kappa shape index (κ3) is 3.78. The van der Waals surface area contributed by atoms with Crippen molar-refractivity contribution in [1.29, 1.82) is 0 Å². The van der Waals surface area contributed by atoms with E-state index in [1.165, 1.54) is 44.6 Å². The van der Waals surface area contributed by atoms with E-state index in [9.17, 15) is 17.6 Å². The Labute approximate surface area is 132 Å². The van der Waals surface area contributed by atoms with Gasteiger partial charge in [0.1, 0.15) is 16.5 Å². The molecule has 0 aliphatic heterocycles. The van der Waals surface area contributed by atoms with Crippen LogP contribution in [-0.4, -0.2) is 28.6 Å². The third-order valence-corrected chi connectivity index (χ3v) is 4.38. The Balaban J connectivity index is 2.31. The molecule has 0 unspecified atom stereocenters. The van der Waals surface area contributed by atoms with Crippen molar-refractivity contribution in [3.05, 3.63) is 53.8 Å². The average Bonchev–Trinajstić information content (AvgIpc) is 2.54. The molecule has 0 atom stereocenters. The second kappa shape index (κ2) is 6.66. The van der Waals surface area contributed by atoms with Gasteiger partial charge in [-0.05, 0) is 42.5 Å². The Morgan fingerprint density at radius 1 is 1.09 bits per heavy atom. The fraction of sp³-hybridized carbons (Fsp3) is 0.133. The zero-order valence-electron chi connectivity index (χ0n) is 12.4. The molecule has 0 heterocycles. The van der Waals surface area contributed by atoms with Gasteiger partial charge in [-0.3, -0.25) is 4.72 Å². The van der Waals surface area contributed by atoms with Crippen molar-refractivity contribution >= 4 is 21.7 Å². The average molecular weight is 339 g/mol. The summed E-state index contributed by atoms with van der Waals surface area (Å²) in [6.07, 6.45) is 0. The number of ether oxygens (including phenoxy) is 2. The number of methoxy groups -OCH3 is 2. The van der Waals surface area contributed by atoms with Crippen LogP contribution < -0.4 is 9.46 Å². The minimum atomic E-state index is -4.05. The van der Waals surface area contributed by atoms with Crippen LogP contribution in [0.5, 0.6) is 5.75 Å². The van der Waals surface area contributed by atoms with Gasteiger partial charge in [0.2, 0.25) is 0 Å². The smallest absolute Gasteiger partial charge is 0.337 e. The largest absolute Gasteiger partial charge is 0.495 e. The van der Waals surface area contributed by atoms with Crippen LogP contribution in [-0.2, 0) is 14.8 Å². The zero-order chi connectivity index (χ0) is 17.0. The van der Waals surface area contributed by atoms with Crippen LogP contribution in [0.15, 0.2) is 47.4 Å². The molecule has 0 saturated carbocycles. The van der Waals surface area contributed by atoms with Crippen LogP contribution in [0.25, 0.3) is 0 Å². The molecule has 2 rings (SSSR count). The topological polar surface area (TPSA) is 81.7 Å². The Bertz CT molecular complexity index is 818. The molecular weight excluding hydrogens is 325 g/mol. The van der Waals surface area contributed by atoms with Crippen molar-refractivity contribution in [1.82, 2.24) is 0 Å². The van der Waals surface area contributed by atoms with Crippen LogP contribution in [0, 0.1) is 5.82 Å². The first kappa shape index (κ1) is 16.8. The first-order valence-corrected chi connectivity index (χ1v) is 7.90. The maximum Gasteiger partial charge on any atom is 0.337 e. The summed E-state index contributed by atoms with van der Waals surface area (Å²) in [5.41, 5.74) is 0.489. The fourth-order valence-electron chi connectivity index (χ4n) is 1.86. The molecule has 6 nitrogen and oxygen atoms in total. The molecule has 0 aromatic heterocycles. The summed E-state index contributed by atoms with van der Waals surface area (Å²) in [6.45, 7) is 0. The summed E-state index contributed by atoms with van der Waals surface area (Å²) in [4.78, 5) is 11.0. The molecule has 2 aromatic carbocycles. The lowest BCUT2D eigenvalue weighted by molar-refractivity contribution is 0.0601. The first-order valence-electron chi connectivity index (χ1n) is 6.42. The van der Waals surface area contributed by atoms with E-state index in [0.717, 1.165) is 12.1 Å². The minimum absolute atomic E-state index is 0.0186. The van der Waals surface area contributed by atoms with E-state index in [0.29, 0.717) is 0 Å². The predicted molar refractivity (Wildman–Crippen MR) is 81.5 cm³/mol. The van der Waals surface area contributed by atoms with Crippen molar-refractivity contribution in [2.24, 2.45) is 0 Å². The van der Waals surface area contributed by atoms with Crippen LogP contribution in [0.4, 0.5) is 10.1 Å². The van der Waals surface area contributed by atoms with Crippen molar-refractivity contribution in [3.8, 4) is 5.75 Å². The van der Waals surface area contributed by atoms with Crippen LogP contribution in [0.2, 0.25) is 0 Å². The minimum Gasteiger partial charge on any atom is -0.495 e. The fourth-order valence-corrected chi connectivity index (χ4v) is 3.10. The van der Waals surface area contributed by atoms with E-state index in [-0.39, 0.29) is 21.9 Å². The SMILES string of the molecule is COC(=O)c1ccc(NS(=O)(=O)c2cc(F)ccc2OC)cc1. The summed E-state index contributed by atoms with van der Waals surface area (Å²) >= 11 is 0. The Kier molecular flexibility index (Phi) is 4.85. The molecule has 2 aromatic rings. The maximum absolute atomic E-state index is 13.3. The number of esters is 1. The molecule has 0 fully saturated rings. The number of hydrogen-bond donors (Lipinski definition) is 1. The van der Waals surface area contributed by atoms with Gasteiger partial charge >= 0.3 is 5.97 Å². The molecule has 0 bridgehead atoms. The van der Waals surface area contributed by atoms with Crippen molar-refractivity contribution in [3.63, 3.8) is 0 Å². The molecule has 0 aliphatic rings. The van der Waals surface area contributed by atoms with Gasteiger partial charge in [-0.25, -0.2) is 17.6 Å². The quantitative estimate of drug-likeness (QED) is 0.846. The standard InChI is InChI=1S/C15H14FNO5S/c1-21-13-8-5-11(16)9-14(13)23(19,20)17-12-6-3-10(4-7-12)15(18)22-2/h3-9,17H,1-2H3. The zero-order valence-corrected chi connectivity index (χ0v) is 13.2. The van der Waals surface area contributed by atoms with Crippen molar-refractivity contribution < 1.29 is 27.1 Å². The summed E-state index contributed by atoms with van der Waals surface area (Å²) in [6, 6.07) is 8.81. The Morgan fingerprint density at radius 3 is 2.30 bits per heavy atom. The number of carbonyl (C=O) groups excluding carboxylic acids is 1.